The van der Waals surface area contributed by atoms with Gasteiger partial charge < -0.3 is 10.2 Å². The lowest BCUT2D eigenvalue weighted by Crippen LogP contribution is -2.32. The van der Waals surface area contributed by atoms with E-state index in [9.17, 15) is 9.59 Å². The van der Waals surface area contributed by atoms with Crippen LogP contribution < -0.4 is 5.32 Å². The van der Waals surface area contributed by atoms with Crippen LogP contribution >= 0.6 is 0 Å². The Labute approximate surface area is 118 Å². The smallest absolute Gasteiger partial charge is 0.246 e. The molecule has 0 radical (unpaired) electrons. The second-order valence-electron chi connectivity index (χ2n) is 4.97. The molecule has 0 atom stereocenters. The molecule has 0 aliphatic carbocycles. The van der Waals surface area contributed by atoms with E-state index in [0.29, 0.717) is 26.1 Å². The Hall–Kier alpha value is -2.11. The fraction of sp³-hybridized carbons (Fsp3) is 0.500. The van der Waals surface area contributed by atoms with E-state index < -0.39 is 0 Å². The highest BCUT2D eigenvalue weighted by molar-refractivity contribution is 5.92. The summed E-state index contributed by atoms with van der Waals surface area (Å²) in [4.78, 5) is 25.1. The van der Waals surface area contributed by atoms with Gasteiger partial charge in [-0.25, -0.2) is 0 Å². The quantitative estimate of drug-likeness (QED) is 0.795. The zero-order valence-corrected chi connectivity index (χ0v) is 12.1. The number of nitrogens with zero attached hydrogens (tertiary/aromatic N) is 3. The van der Waals surface area contributed by atoms with E-state index in [0.717, 1.165) is 17.0 Å². The van der Waals surface area contributed by atoms with Crippen LogP contribution in [0.25, 0.3) is 6.08 Å². The summed E-state index contributed by atoms with van der Waals surface area (Å²) in [6, 6.07) is 0. The first kappa shape index (κ1) is 14.3. The molecule has 108 valence electrons. The van der Waals surface area contributed by atoms with Gasteiger partial charge in [-0.2, -0.15) is 5.10 Å². The maximum Gasteiger partial charge on any atom is 0.246 e. The highest BCUT2D eigenvalue weighted by Crippen LogP contribution is 2.14. The Morgan fingerprint density at radius 2 is 2.10 bits per heavy atom. The van der Waals surface area contributed by atoms with Crippen LogP contribution in [0.4, 0.5) is 0 Å². The van der Waals surface area contributed by atoms with Crippen LogP contribution in [-0.4, -0.2) is 46.1 Å². The predicted octanol–water partition coefficient (Wildman–Crippen LogP) is 0.399. The summed E-state index contributed by atoms with van der Waals surface area (Å²) < 4.78 is 1.80. The third-order valence-corrected chi connectivity index (χ3v) is 3.58. The molecule has 1 aliphatic heterocycles. The lowest BCUT2D eigenvalue weighted by atomic mass is 10.2. The van der Waals surface area contributed by atoms with Gasteiger partial charge in [0.05, 0.1) is 5.69 Å². The largest absolute Gasteiger partial charge is 0.354 e. The number of hydrogen-bond donors (Lipinski definition) is 1. The van der Waals surface area contributed by atoms with Crippen molar-refractivity contribution in [2.75, 3.05) is 19.6 Å². The highest BCUT2D eigenvalue weighted by Gasteiger charge is 2.16. The highest BCUT2D eigenvalue weighted by atomic mass is 16.2. The topological polar surface area (TPSA) is 67.2 Å². The predicted molar refractivity (Wildman–Crippen MR) is 75.9 cm³/mol. The standard InChI is InChI=1S/C14H20N4O2/c1-10-12(11(2)17(3)16-10)4-5-14(20)18-8-6-13(19)15-7-9-18/h4-5H,6-9H2,1-3H3,(H,15,19). The van der Waals surface area contributed by atoms with Crippen molar-refractivity contribution in [3.8, 4) is 0 Å². The Morgan fingerprint density at radius 3 is 2.75 bits per heavy atom. The van der Waals surface area contributed by atoms with Gasteiger partial charge in [0.2, 0.25) is 11.8 Å². The summed E-state index contributed by atoms with van der Waals surface area (Å²) in [7, 11) is 1.88. The van der Waals surface area contributed by atoms with Crippen LogP contribution in [0.15, 0.2) is 6.08 Å². The summed E-state index contributed by atoms with van der Waals surface area (Å²) in [5.74, 6) is -0.0626. The van der Waals surface area contributed by atoms with E-state index in [1.807, 2.05) is 20.9 Å². The van der Waals surface area contributed by atoms with Gasteiger partial charge in [-0.3, -0.25) is 14.3 Å². The molecule has 1 aromatic rings. The normalized spacial score (nSPS) is 16.4. The maximum atomic E-state index is 12.1. The van der Waals surface area contributed by atoms with Gasteiger partial charge in [0.15, 0.2) is 0 Å². The zero-order valence-electron chi connectivity index (χ0n) is 12.1. The fourth-order valence-electron chi connectivity index (χ4n) is 2.28. The van der Waals surface area contributed by atoms with Gasteiger partial charge in [0, 0.05) is 50.4 Å². The number of nitrogens with one attached hydrogen (secondary N) is 1. The first-order valence-electron chi connectivity index (χ1n) is 6.73. The number of carbonyl (C=O) groups is 2. The third kappa shape index (κ3) is 3.07. The summed E-state index contributed by atoms with van der Waals surface area (Å²) in [5, 5.41) is 7.07. The number of aromatic nitrogens is 2. The van der Waals surface area contributed by atoms with Crippen molar-refractivity contribution in [3.63, 3.8) is 0 Å². The lowest BCUT2D eigenvalue weighted by molar-refractivity contribution is -0.125. The molecule has 0 bridgehead atoms. The van der Waals surface area contributed by atoms with E-state index in [2.05, 4.69) is 10.4 Å². The molecule has 20 heavy (non-hydrogen) atoms. The summed E-state index contributed by atoms with van der Waals surface area (Å²) >= 11 is 0. The van der Waals surface area contributed by atoms with Crippen molar-refractivity contribution in [1.29, 1.82) is 0 Å². The number of hydrogen-bond acceptors (Lipinski definition) is 3. The minimum atomic E-state index is -0.0656. The number of rotatable bonds is 2. The molecule has 2 heterocycles. The Kier molecular flexibility index (Phi) is 4.22. The van der Waals surface area contributed by atoms with Gasteiger partial charge in [0.1, 0.15) is 0 Å². The van der Waals surface area contributed by atoms with Crippen LogP contribution in [0.1, 0.15) is 23.4 Å². The van der Waals surface area contributed by atoms with Crippen LogP contribution in [0.2, 0.25) is 0 Å². The van der Waals surface area contributed by atoms with Crippen LogP contribution in [0.5, 0.6) is 0 Å². The molecule has 0 saturated carbocycles. The van der Waals surface area contributed by atoms with Crippen molar-refractivity contribution < 1.29 is 9.59 Å². The molecule has 1 aliphatic rings. The summed E-state index contributed by atoms with van der Waals surface area (Å²) in [5.41, 5.74) is 2.91. The second kappa shape index (κ2) is 5.90. The number of aryl methyl sites for hydroxylation is 2. The second-order valence-corrected chi connectivity index (χ2v) is 4.97. The monoisotopic (exact) mass is 276 g/mol. The Morgan fingerprint density at radius 1 is 1.35 bits per heavy atom. The molecule has 6 nitrogen and oxygen atoms in total. The van der Waals surface area contributed by atoms with Crippen molar-refractivity contribution in [2.45, 2.75) is 20.3 Å². The van der Waals surface area contributed by atoms with E-state index in [-0.39, 0.29) is 11.8 Å². The lowest BCUT2D eigenvalue weighted by Gasteiger charge is -2.17. The average molecular weight is 276 g/mol. The molecular formula is C14H20N4O2. The first-order valence-corrected chi connectivity index (χ1v) is 6.73. The number of amides is 2. The van der Waals surface area contributed by atoms with Crippen LogP contribution in [-0.2, 0) is 16.6 Å². The molecule has 2 amide bonds. The number of carbonyl (C=O) groups excluding carboxylic acids is 2. The van der Waals surface area contributed by atoms with Crippen molar-refractivity contribution in [1.82, 2.24) is 20.0 Å². The molecule has 0 aromatic carbocycles. The maximum absolute atomic E-state index is 12.1. The molecular weight excluding hydrogens is 256 g/mol. The van der Waals surface area contributed by atoms with Crippen LogP contribution in [0, 0.1) is 13.8 Å². The molecule has 6 heteroatoms. The van der Waals surface area contributed by atoms with Crippen molar-refractivity contribution in [3.05, 3.63) is 23.0 Å². The van der Waals surface area contributed by atoms with E-state index in [1.165, 1.54) is 0 Å². The molecule has 1 aromatic heterocycles. The SMILES string of the molecule is Cc1nn(C)c(C)c1C=CC(=O)N1CCNC(=O)CC1. The third-order valence-electron chi connectivity index (χ3n) is 3.58. The molecule has 1 N–H and O–H groups in total. The molecule has 2 rings (SSSR count). The Balaban J connectivity index is 2.07. The van der Waals surface area contributed by atoms with Gasteiger partial charge >= 0.3 is 0 Å². The fourth-order valence-corrected chi connectivity index (χ4v) is 2.28. The minimum Gasteiger partial charge on any atom is -0.354 e. The minimum absolute atomic E-state index is 0.00299. The van der Waals surface area contributed by atoms with Gasteiger partial charge in [-0.1, -0.05) is 0 Å². The van der Waals surface area contributed by atoms with Crippen molar-refractivity contribution in [2.24, 2.45) is 7.05 Å². The zero-order chi connectivity index (χ0) is 14.7. The van der Waals surface area contributed by atoms with E-state index in [4.69, 9.17) is 0 Å². The van der Waals surface area contributed by atoms with E-state index in [1.54, 1.807) is 21.7 Å². The summed E-state index contributed by atoms with van der Waals surface area (Å²) in [6.45, 7) is 5.44. The van der Waals surface area contributed by atoms with Gasteiger partial charge in [-0.05, 0) is 19.9 Å². The van der Waals surface area contributed by atoms with Gasteiger partial charge in [0.25, 0.3) is 0 Å². The molecule has 0 unspecified atom stereocenters. The van der Waals surface area contributed by atoms with Gasteiger partial charge in [-0.15, -0.1) is 0 Å². The molecule has 0 spiro atoms. The summed E-state index contributed by atoms with van der Waals surface area (Å²) in [6.07, 6.45) is 3.73. The van der Waals surface area contributed by atoms with E-state index >= 15 is 0 Å². The molecule has 1 saturated heterocycles. The average Bonchev–Trinajstić information content (AvgIpc) is 2.59. The first-order chi connectivity index (χ1) is 9.49. The van der Waals surface area contributed by atoms with Crippen LogP contribution in [0.3, 0.4) is 0 Å². The Bertz CT molecular complexity index is 560. The van der Waals surface area contributed by atoms with Crippen molar-refractivity contribution >= 4 is 17.9 Å². The molecule has 1 fully saturated rings.